The zero-order valence-electron chi connectivity index (χ0n) is 9.89. The molecule has 1 fully saturated rings. The van der Waals surface area contributed by atoms with Crippen LogP contribution in [-0.2, 0) is 4.74 Å². The molecule has 1 saturated heterocycles. The summed E-state index contributed by atoms with van der Waals surface area (Å²) in [4.78, 5) is 11.8. The summed E-state index contributed by atoms with van der Waals surface area (Å²) in [7, 11) is 0. The molecule has 8 nitrogen and oxygen atoms in total. The lowest BCUT2D eigenvalue weighted by Crippen LogP contribution is -2.33. The van der Waals surface area contributed by atoms with Crippen molar-refractivity contribution in [2.24, 2.45) is 0 Å². The first-order valence-corrected chi connectivity index (χ1v) is 6.46. The fourth-order valence-electron chi connectivity index (χ4n) is 2.15. The molecular formula is C10H10Cl2N4O4. The Labute approximate surface area is 122 Å². The first kappa shape index (κ1) is 13.9. The van der Waals surface area contributed by atoms with Gasteiger partial charge in [-0.2, -0.15) is 4.98 Å². The molecule has 20 heavy (non-hydrogen) atoms. The van der Waals surface area contributed by atoms with E-state index in [1.54, 1.807) is 0 Å². The third kappa shape index (κ3) is 2.05. The number of nitrogens with zero attached hydrogens (tertiary/aromatic N) is 4. The van der Waals surface area contributed by atoms with Gasteiger partial charge in [0.2, 0.25) is 5.28 Å². The Balaban J connectivity index is 2.07. The number of halogens is 2. The van der Waals surface area contributed by atoms with E-state index in [0.717, 1.165) is 0 Å². The van der Waals surface area contributed by atoms with Gasteiger partial charge < -0.3 is 20.1 Å². The molecule has 108 valence electrons. The minimum absolute atomic E-state index is 0.0732. The average Bonchev–Trinajstić information content (AvgIpc) is 2.93. The smallest absolute Gasteiger partial charge is 0.225 e. The van der Waals surface area contributed by atoms with Gasteiger partial charge in [0.05, 0.1) is 12.9 Å². The normalized spacial score (nSPS) is 30.2. The molecule has 0 unspecified atom stereocenters. The van der Waals surface area contributed by atoms with E-state index in [0.29, 0.717) is 5.52 Å². The van der Waals surface area contributed by atoms with E-state index < -0.39 is 31.1 Å². The maximum Gasteiger partial charge on any atom is 0.225 e. The lowest BCUT2D eigenvalue weighted by Gasteiger charge is -2.16. The van der Waals surface area contributed by atoms with Crippen LogP contribution in [0.4, 0.5) is 0 Å². The van der Waals surface area contributed by atoms with Crippen molar-refractivity contribution in [2.45, 2.75) is 24.5 Å². The van der Waals surface area contributed by atoms with Gasteiger partial charge in [0.1, 0.15) is 23.8 Å². The summed E-state index contributed by atoms with van der Waals surface area (Å²) < 4.78 is 6.78. The Morgan fingerprint density at radius 2 is 2.00 bits per heavy atom. The first-order valence-electron chi connectivity index (χ1n) is 5.71. The van der Waals surface area contributed by atoms with Crippen LogP contribution in [0.2, 0.25) is 10.4 Å². The Hall–Kier alpha value is -1.03. The maximum absolute atomic E-state index is 9.98. The number of hydrogen-bond acceptors (Lipinski definition) is 7. The van der Waals surface area contributed by atoms with E-state index in [-0.39, 0.29) is 16.1 Å². The van der Waals surface area contributed by atoms with E-state index in [9.17, 15) is 10.2 Å². The Kier molecular flexibility index (Phi) is 3.53. The van der Waals surface area contributed by atoms with Crippen LogP contribution < -0.4 is 0 Å². The predicted molar refractivity (Wildman–Crippen MR) is 68.4 cm³/mol. The quantitative estimate of drug-likeness (QED) is 0.516. The second-order valence-corrected chi connectivity index (χ2v) is 5.03. The summed E-state index contributed by atoms with van der Waals surface area (Å²) in [6.45, 7) is -0.419. The van der Waals surface area contributed by atoms with Crippen LogP contribution in [0.15, 0.2) is 6.33 Å². The van der Waals surface area contributed by atoms with Crippen LogP contribution in [0.5, 0.6) is 0 Å². The molecule has 1 aliphatic rings. The van der Waals surface area contributed by atoms with Crippen molar-refractivity contribution >= 4 is 34.4 Å². The van der Waals surface area contributed by atoms with E-state index >= 15 is 0 Å². The van der Waals surface area contributed by atoms with Gasteiger partial charge >= 0.3 is 0 Å². The van der Waals surface area contributed by atoms with Gasteiger partial charge in [-0.05, 0) is 11.6 Å². The lowest BCUT2D eigenvalue weighted by molar-refractivity contribution is -0.0511. The Bertz CT molecular complexity index is 651. The van der Waals surface area contributed by atoms with Crippen LogP contribution >= 0.6 is 23.2 Å². The van der Waals surface area contributed by atoms with Gasteiger partial charge in [0.25, 0.3) is 0 Å². The maximum atomic E-state index is 9.98. The molecule has 0 amide bonds. The van der Waals surface area contributed by atoms with Gasteiger partial charge in [-0.25, -0.2) is 9.97 Å². The second-order valence-electron chi connectivity index (χ2n) is 4.34. The lowest BCUT2D eigenvalue weighted by atomic mass is 10.1. The van der Waals surface area contributed by atoms with Gasteiger partial charge in [-0.3, -0.25) is 4.57 Å². The summed E-state index contributed by atoms with van der Waals surface area (Å²) in [6.07, 6.45) is -2.94. The number of hydrogen-bond donors (Lipinski definition) is 3. The number of aliphatic hydroxyl groups is 3. The van der Waals surface area contributed by atoms with E-state index in [1.165, 1.54) is 10.9 Å². The molecule has 10 heteroatoms. The highest BCUT2D eigenvalue weighted by Gasteiger charge is 2.44. The van der Waals surface area contributed by atoms with Crippen molar-refractivity contribution in [2.75, 3.05) is 6.61 Å². The van der Waals surface area contributed by atoms with Crippen LogP contribution in [0.25, 0.3) is 11.2 Å². The summed E-state index contributed by atoms with van der Waals surface area (Å²) in [6, 6.07) is 0. The van der Waals surface area contributed by atoms with E-state index in [1.807, 2.05) is 0 Å². The minimum atomic E-state index is -1.24. The molecule has 3 N–H and O–H groups in total. The zero-order valence-corrected chi connectivity index (χ0v) is 11.4. The van der Waals surface area contributed by atoms with E-state index in [2.05, 4.69) is 15.0 Å². The Morgan fingerprint density at radius 1 is 1.25 bits per heavy atom. The standard InChI is InChI=1S/C10H10Cl2N4O4/c11-7-4-8(15-10(12)14-7)16(2-13-4)9-6(19)5(18)3(1-17)20-9/h2-3,5-6,9,17-19H,1H2/t3-,5+,6-,9-/m1/s1. The van der Waals surface area contributed by atoms with Gasteiger partial charge in [0.15, 0.2) is 17.0 Å². The molecule has 0 aliphatic carbocycles. The van der Waals surface area contributed by atoms with Crippen molar-refractivity contribution in [1.29, 1.82) is 0 Å². The summed E-state index contributed by atoms with van der Waals surface area (Å²) in [5, 5.41) is 28.8. The number of aliphatic hydroxyl groups excluding tert-OH is 3. The summed E-state index contributed by atoms with van der Waals surface area (Å²) in [5.74, 6) is 0. The third-order valence-corrected chi connectivity index (χ3v) is 3.58. The molecule has 0 aromatic carbocycles. The molecule has 2 aromatic rings. The van der Waals surface area contributed by atoms with Crippen LogP contribution in [0.3, 0.4) is 0 Å². The van der Waals surface area contributed by atoms with Gasteiger partial charge in [0, 0.05) is 0 Å². The van der Waals surface area contributed by atoms with Crippen molar-refractivity contribution < 1.29 is 20.1 Å². The Morgan fingerprint density at radius 3 is 2.65 bits per heavy atom. The fraction of sp³-hybridized carbons (Fsp3) is 0.500. The van der Waals surface area contributed by atoms with Gasteiger partial charge in [-0.1, -0.05) is 11.6 Å². The van der Waals surface area contributed by atoms with Crippen LogP contribution in [0, 0.1) is 0 Å². The molecule has 0 bridgehead atoms. The van der Waals surface area contributed by atoms with Crippen LogP contribution in [0.1, 0.15) is 6.23 Å². The highest BCUT2D eigenvalue weighted by Crippen LogP contribution is 2.32. The summed E-state index contributed by atoms with van der Waals surface area (Å²) in [5.41, 5.74) is 0.568. The molecule has 2 aromatic heterocycles. The molecule has 3 rings (SSSR count). The topological polar surface area (TPSA) is 114 Å². The number of ether oxygens (including phenoxy) is 1. The molecule has 4 atom stereocenters. The van der Waals surface area contributed by atoms with Crippen molar-refractivity contribution in [3.8, 4) is 0 Å². The highest BCUT2D eigenvalue weighted by molar-refractivity contribution is 6.35. The predicted octanol–water partition coefficient (Wildman–Crippen LogP) is -0.255. The SMILES string of the molecule is OC[C@H]1O[C@@H](n2cnc3c(Cl)nc(Cl)nc32)[C@H](O)[C@H]1O. The molecule has 1 aliphatic heterocycles. The van der Waals surface area contributed by atoms with E-state index in [4.69, 9.17) is 33.0 Å². The van der Waals surface area contributed by atoms with Crippen molar-refractivity contribution in [3.63, 3.8) is 0 Å². The van der Waals surface area contributed by atoms with Gasteiger partial charge in [-0.15, -0.1) is 0 Å². The van der Waals surface area contributed by atoms with Crippen molar-refractivity contribution in [3.05, 3.63) is 16.8 Å². The second kappa shape index (κ2) is 5.06. The fourth-order valence-corrected chi connectivity index (χ4v) is 2.57. The van der Waals surface area contributed by atoms with Crippen LogP contribution in [-0.4, -0.2) is 59.8 Å². The highest BCUT2D eigenvalue weighted by atomic mass is 35.5. The third-order valence-electron chi connectivity index (χ3n) is 3.14. The minimum Gasteiger partial charge on any atom is -0.394 e. The monoisotopic (exact) mass is 320 g/mol. The summed E-state index contributed by atoms with van der Waals surface area (Å²) >= 11 is 11.6. The largest absolute Gasteiger partial charge is 0.394 e. The molecule has 3 heterocycles. The van der Waals surface area contributed by atoms with Crippen molar-refractivity contribution in [1.82, 2.24) is 19.5 Å². The first-order chi connectivity index (χ1) is 9.52. The molecule has 0 spiro atoms. The number of imidazole rings is 1. The zero-order chi connectivity index (χ0) is 14.4. The molecular weight excluding hydrogens is 311 g/mol. The number of fused-ring (bicyclic) bond motifs is 1. The number of aromatic nitrogens is 4. The average molecular weight is 321 g/mol. The number of rotatable bonds is 2. The molecule has 0 saturated carbocycles. The molecule has 0 radical (unpaired) electrons.